The minimum absolute atomic E-state index is 0.0833. The number of rotatable bonds is 7. The number of carbonyl (C=O) groups excluding carboxylic acids is 1. The highest BCUT2D eigenvalue weighted by Crippen LogP contribution is 2.23. The van der Waals surface area contributed by atoms with Crippen LogP contribution in [0.25, 0.3) is 11.3 Å². The molecule has 7 heteroatoms. The fraction of sp³-hybridized carbons (Fsp3) is 0.167. The molecule has 25 heavy (non-hydrogen) atoms. The molecule has 2 heterocycles. The van der Waals surface area contributed by atoms with E-state index in [2.05, 4.69) is 15.5 Å². The van der Waals surface area contributed by atoms with E-state index in [0.29, 0.717) is 11.6 Å². The van der Waals surface area contributed by atoms with Gasteiger partial charge in [-0.05, 0) is 36.4 Å². The number of furan rings is 1. The second-order valence-electron chi connectivity index (χ2n) is 5.13. The fourth-order valence-corrected chi connectivity index (χ4v) is 2.77. The van der Waals surface area contributed by atoms with E-state index in [1.54, 1.807) is 19.4 Å². The summed E-state index contributed by atoms with van der Waals surface area (Å²) in [6.07, 6.45) is 1.58. The Morgan fingerprint density at radius 1 is 1.20 bits per heavy atom. The number of hydrogen-bond acceptors (Lipinski definition) is 6. The van der Waals surface area contributed by atoms with E-state index in [0.717, 1.165) is 22.8 Å². The Bertz CT molecular complexity index is 820. The van der Waals surface area contributed by atoms with Gasteiger partial charge in [0, 0.05) is 5.56 Å². The zero-order valence-electron chi connectivity index (χ0n) is 13.6. The van der Waals surface area contributed by atoms with Gasteiger partial charge in [0.25, 0.3) is 0 Å². The molecule has 3 rings (SSSR count). The van der Waals surface area contributed by atoms with Crippen molar-refractivity contribution in [1.82, 2.24) is 15.5 Å². The lowest BCUT2D eigenvalue weighted by Gasteiger charge is -2.05. The van der Waals surface area contributed by atoms with Crippen molar-refractivity contribution < 1.29 is 13.9 Å². The van der Waals surface area contributed by atoms with Crippen LogP contribution >= 0.6 is 11.8 Å². The second kappa shape index (κ2) is 8.34. The van der Waals surface area contributed by atoms with Gasteiger partial charge in [-0.2, -0.15) is 0 Å². The van der Waals surface area contributed by atoms with Gasteiger partial charge in [0.2, 0.25) is 5.91 Å². The maximum atomic E-state index is 11.8. The zero-order valence-corrected chi connectivity index (χ0v) is 14.5. The van der Waals surface area contributed by atoms with Gasteiger partial charge in [-0.15, -0.1) is 10.2 Å². The number of aromatic nitrogens is 2. The molecule has 0 bridgehead atoms. The molecule has 0 aliphatic heterocycles. The van der Waals surface area contributed by atoms with Crippen molar-refractivity contribution in [2.24, 2.45) is 0 Å². The van der Waals surface area contributed by atoms with Crippen molar-refractivity contribution in [3.05, 3.63) is 60.6 Å². The maximum Gasteiger partial charge on any atom is 0.230 e. The van der Waals surface area contributed by atoms with E-state index < -0.39 is 0 Å². The normalized spacial score (nSPS) is 10.4. The number of nitrogens with one attached hydrogen (secondary N) is 1. The molecule has 1 aromatic carbocycles. The maximum absolute atomic E-state index is 11.8. The van der Waals surface area contributed by atoms with Gasteiger partial charge in [-0.3, -0.25) is 4.79 Å². The van der Waals surface area contributed by atoms with Gasteiger partial charge >= 0.3 is 0 Å². The van der Waals surface area contributed by atoms with Crippen LogP contribution in [0.1, 0.15) is 5.76 Å². The number of amides is 1. The number of benzene rings is 1. The van der Waals surface area contributed by atoms with Crippen LogP contribution in [0.2, 0.25) is 0 Å². The molecule has 0 atom stereocenters. The average Bonchev–Trinajstić information content (AvgIpc) is 3.19. The van der Waals surface area contributed by atoms with Gasteiger partial charge in [0.05, 0.1) is 31.4 Å². The van der Waals surface area contributed by atoms with E-state index in [1.807, 2.05) is 42.5 Å². The smallest absolute Gasteiger partial charge is 0.230 e. The third-order valence-electron chi connectivity index (χ3n) is 3.40. The molecule has 0 fully saturated rings. The molecule has 0 unspecified atom stereocenters. The molecule has 0 aliphatic carbocycles. The molecule has 3 aromatic rings. The van der Waals surface area contributed by atoms with Crippen molar-refractivity contribution in [2.75, 3.05) is 12.9 Å². The Labute approximate surface area is 149 Å². The predicted molar refractivity (Wildman–Crippen MR) is 95.3 cm³/mol. The number of nitrogens with zero attached hydrogens (tertiary/aromatic N) is 2. The summed E-state index contributed by atoms with van der Waals surface area (Å²) in [5.41, 5.74) is 1.69. The minimum Gasteiger partial charge on any atom is -0.497 e. The van der Waals surface area contributed by atoms with Gasteiger partial charge in [0.15, 0.2) is 0 Å². The molecule has 0 spiro atoms. The van der Waals surface area contributed by atoms with E-state index >= 15 is 0 Å². The first kappa shape index (κ1) is 17.0. The molecule has 128 valence electrons. The molecule has 1 N–H and O–H groups in total. The standard InChI is InChI=1S/C18H17N3O3S/c1-23-14-5-2-4-13(10-14)16-7-8-18(21-20-16)25-12-17(22)19-11-15-6-3-9-24-15/h2-10H,11-12H2,1H3,(H,19,22). The summed E-state index contributed by atoms with van der Waals surface area (Å²) in [4.78, 5) is 11.8. The van der Waals surface area contributed by atoms with Crippen LogP contribution in [0.5, 0.6) is 5.75 Å². The SMILES string of the molecule is COc1cccc(-c2ccc(SCC(=O)NCc3ccco3)nn2)c1. The lowest BCUT2D eigenvalue weighted by atomic mass is 10.1. The molecular weight excluding hydrogens is 338 g/mol. The third kappa shape index (κ3) is 4.84. The molecule has 6 nitrogen and oxygen atoms in total. The first-order valence-electron chi connectivity index (χ1n) is 7.64. The van der Waals surface area contributed by atoms with Gasteiger partial charge in [-0.1, -0.05) is 23.9 Å². The van der Waals surface area contributed by atoms with Crippen molar-refractivity contribution >= 4 is 17.7 Å². The monoisotopic (exact) mass is 355 g/mol. The molecule has 0 saturated carbocycles. The van der Waals surface area contributed by atoms with E-state index in [9.17, 15) is 4.79 Å². The van der Waals surface area contributed by atoms with Crippen LogP contribution in [0, 0.1) is 0 Å². The predicted octanol–water partition coefficient (Wildman–Crippen LogP) is 3.15. The summed E-state index contributed by atoms with van der Waals surface area (Å²) < 4.78 is 10.4. The van der Waals surface area contributed by atoms with Crippen LogP contribution in [0.4, 0.5) is 0 Å². The average molecular weight is 355 g/mol. The lowest BCUT2D eigenvalue weighted by Crippen LogP contribution is -2.24. The molecule has 1 amide bonds. The van der Waals surface area contributed by atoms with Crippen molar-refractivity contribution in [3.8, 4) is 17.0 Å². The highest BCUT2D eigenvalue weighted by molar-refractivity contribution is 7.99. The summed E-state index contributed by atoms with van der Waals surface area (Å²) in [7, 11) is 1.63. The summed E-state index contributed by atoms with van der Waals surface area (Å²) in [5.74, 6) is 1.68. The Kier molecular flexibility index (Phi) is 5.69. The van der Waals surface area contributed by atoms with Gasteiger partial charge < -0.3 is 14.5 Å². The molecule has 0 saturated heterocycles. The van der Waals surface area contributed by atoms with Crippen molar-refractivity contribution in [3.63, 3.8) is 0 Å². The molecule has 0 radical (unpaired) electrons. The minimum atomic E-state index is -0.0833. The number of carbonyl (C=O) groups is 1. The number of methoxy groups -OCH3 is 1. The number of ether oxygens (including phenoxy) is 1. The molecule has 2 aromatic heterocycles. The topological polar surface area (TPSA) is 77.2 Å². The zero-order chi connectivity index (χ0) is 17.5. The Balaban J connectivity index is 1.52. The Hall–Kier alpha value is -2.80. The largest absolute Gasteiger partial charge is 0.497 e. The first-order chi connectivity index (χ1) is 12.2. The molecular formula is C18H17N3O3S. The second-order valence-corrected chi connectivity index (χ2v) is 6.13. The summed E-state index contributed by atoms with van der Waals surface area (Å²) in [6, 6.07) is 15.0. The lowest BCUT2D eigenvalue weighted by molar-refractivity contribution is -0.118. The van der Waals surface area contributed by atoms with Crippen molar-refractivity contribution in [1.29, 1.82) is 0 Å². The van der Waals surface area contributed by atoms with Crippen LogP contribution in [0.3, 0.4) is 0 Å². The highest BCUT2D eigenvalue weighted by Gasteiger charge is 2.07. The fourth-order valence-electron chi connectivity index (χ4n) is 2.12. The molecule has 0 aliphatic rings. The summed E-state index contributed by atoms with van der Waals surface area (Å²) in [6.45, 7) is 0.382. The Morgan fingerprint density at radius 3 is 2.84 bits per heavy atom. The highest BCUT2D eigenvalue weighted by atomic mass is 32.2. The van der Waals surface area contributed by atoms with E-state index in [4.69, 9.17) is 9.15 Å². The quantitative estimate of drug-likeness (QED) is 0.656. The van der Waals surface area contributed by atoms with Crippen molar-refractivity contribution in [2.45, 2.75) is 11.6 Å². The van der Waals surface area contributed by atoms with Crippen LogP contribution in [0.15, 0.2) is 64.2 Å². The van der Waals surface area contributed by atoms with Gasteiger partial charge in [-0.25, -0.2) is 0 Å². The number of thioether (sulfide) groups is 1. The van der Waals surface area contributed by atoms with Crippen LogP contribution < -0.4 is 10.1 Å². The van der Waals surface area contributed by atoms with Crippen LogP contribution in [-0.2, 0) is 11.3 Å². The van der Waals surface area contributed by atoms with Gasteiger partial charge in [0.1, 0.15) is 16.5 Å². The van der Waals surface area contributed by atoms with E-state index in [-0.39, 0.29) is 11.7 Å². The number of hydrogen-bond donors (Lipinski definition) is 1. The van der Waals surface area contributed by atoms with E-state index in [1.165, 1.54) is 11.8 Å². The third-order valence-corrected chi connectivity index (χ3v) is 4.32. The first-order valence-corrected chi connectivity index (χ1v) is 8.63. The van der Waals surface area contributed by atoms with Crippen LogP contribution in [-0.4, -0.2) is 29.0 Å². The summed E-state index contributed by atoms with van der Waals surface area (Å²) >= 11 is 1.34. The Morgan fingerprint density at radius 2 is 2.12 bits per heavy atom. The summed E-state index contributed by atoms with van der Waals surface area (Å²) in [5, 5.41) is 11.9.